The van der Waals surface area contributed by atoms with Gasteiger partial charge in [0, 0.05) is 43.2 Å². The molecule has 0 aliphatic carbocycles. The van der Waals surface area contributed by atoms with Crippen molar-refractivity contribution in [3.8, 4) is 0 Å². The van der Waals surface area contributed by atoms with Crippen LogP contribution in [0.5, 0.6) is 0 Å². The molecule has 4 rings (SSSR count). The monoisotopic (exact) mass is 451 g/mol. The van der Waals surface area contributed by atoms with E-state index in [4.69, 9.17) is 0 Å². The number of imidazole rings is 1. The molecule has 0 saturated heterocycles. The molecule has 1 aliphatic heterocycles. The lowest BCUT2D eigenvalue weighted by Gasteiger charge is -2.18. The number of anilines is 1. The van der Waals surface area contributed by atoms with Gasteiger partial charge in [-0.2, -0.15) is 8.42 Å². The molecule has 8 nitrogen and oxygen atoms in total. The van der Waals surface area contributed by atoms with Crippen LogP contribution in [0.2, 0.25) is 0 Å². The molecule has 9 heteroatoms. The van der Waals surface area contributed by atoms with E-state index in [-0.39, 0.29) is 23.2 Å². The van der Waals surface area contributed by atoms with Gasteiger partial charge in [0.2, 0.25) is 5.91 Å². The first-order chi connectivity index (χ1) is 15.2. The third-order valence-corrected chi connectivity index (χ3v) is 6.51. The number of hydrogen-bond acceptors (Lipinski definition) is 5. The highest BCUT2D eigenvalue weighted by atomic mass is 32.2. The van der Waals surface area contributed by atoms with Crippen LogP contribution in [-0.4, -0.2) is 48.2 Å². The number of likely N-dealkylation sites (N-methyl/N-ethyl adjacent to an activating group) is 1. The van der Waals surface area contributed by atoms with Gasteiger partial charge in [-0.25, -0.2) is 4.98 Å². The summed E-state index contributed by atoms with van der Waals surface area (Å²) in [5.74, 6) is 1.33. The molecule has 0 fully saturated rings. The molecule has 32 heavy (non-hydrogen) atoms. The molecule has 2 aromatic carbocycles. The summed E-state index contributed by atoms with van der Waals surface area (Å²) in [4.78, 5) is 18.8. The summed E-state index contributed by atoms with van der Waals surface area (Å²) in [6.07, 6.45) is 3.74. The number of carbonyl (C=O) groups is 1. The zero-order chi connectivity index (χ0) is 22.9. The zero-order valence-electron chi connectivity index (χ0n) is 18.2. The highest BCUT2D eigenvalue weighted by Gasteiger charge is 2.30. The average Bonchev–Trinajstić information content (AvgIpc) is 3.31. The van der Waals surface area contributed by atoms with Gasteiger partial charge in [0.1, 0.15) is 10.7 Å². The Morgan fingerprint density at radius 1 is 1.16 bits per heavy atom. The number of amidine groups is 1. The van der Waals surface area contributed by atoms with Gasteiger partial charge in [-0.05, 0) is 29.8 Å². The van der Waals surface area contributed by atoms with Crippen molar-refractivity contribution in [2.75, 3.05) is 18.9 Å². The Labute approximate surface area is 187 Å². The number of sulfonamides is 1. The normalized spacial score (nSPS) is 14.2. The maximum Gasteiger partial charge on any atom is 0.285 e. The van der Waals surface area contributed by atoms with E-state index in [0.29, 0.717) is 23.7 Å². The van der Waals surface area contributed by atoms with Crippen molar-refractivity contribution in [2.24, 2.45) is 4.40 Å². The van der Waals surface area contributed by atoms with Crippen molar-refractivity contribution >= 4 is 27.5 Å². The van der Waals surface area contributed by atoms with E-state index in [9.17, 15) is 13.2 Å². The number of hydrogen-bond donors (Lipinski definition) is 1. The molecule has 166 valence electrons. The smallest absolute Gasteiger partial charge is 0.285 e. The van der Waals surface area contributed by atoms with Crippen LogP contribution in [0.3, 0.4) is 0 Å². The van der Waals surface area contributed by atoms with Crippen molar-refractivity contribution in [3.05, 3.63) is 77.9 Å². The molecule has 0 saturated carbocycles. The first-order valence-corrected chi connectivity index (χ1v) is 11.7. The second-order valence-electron chi connectivity index (χ2n) is 8.06. The van der Waals surface area contributed by atoms with Crippen LogP contribution in [0, 0.1) is 0 Å². The third kappa shape index (κ3) is 4.43. The number of nitrogens with zero attached hydrogens (tertiary/aromatic N) is 4. The molecule has 0 bridgehead atoms. The minimum atomic E-state index is -3.73. The van der Waals surface area contributed by atoms with Crippen molar-refractivity contribution in [1.82, 2.24) is 14.5 Å². The molecule has 0 spiro atoms. The first kappa shape index (κ1) is 21.8. The number of fused-ring (bicyclic) bond motifs is 1. The van der Waals surface area contributed by atoms with Gasteiger partial charge in [0.15, 0.2) is 5.84 Å². The van der Waals surface area contributed by atoms with E-state index in [2.05, 4.69) is 33.1 Å². The summed E-state index contributed by atoms with van der Waals surface area (Å²) in [6, 6.07) is 14.3. The summed E-state index contributed by atoms with van der Waals surface area (Å²) < 4.78 is 30.5. The summed E-state index contributed by atoms with van der Waals surface area (Å²) in [6.45, 7) is 4.82. The summed E-state index contributed by atoms with van der Waals surface area (Å²) in [5, 5.41) is 2.89. The maximum absolute atomic E-state index is 12.7. The van der Waals surface area contributed by atoms with Gasteiger partial charge >= 0.3 is 0 Å². The van der Waals surface area contributed by atoms with Crippen LogP contribution in [0.25, 0.3) is 0 Å². The van der Waals surface area contributed by atoms with Crippen molar-refractivity contribution in [2.45, 2.75) is 31.2 Å². The SMILES string of the molecule is CC(C)c1nccn1Cc1cccc(NC(=O)CN(C)C2=NS(=O)(=O)c3ccccc32)c1. The lowest BCUT2D eigenvalue weighted by Crippen LogP contribution is -2.34. The van der Waals surface area contributed by atoms with Crippen LogP contribution in [-0.2, 0) is 21.4 Å². The van der Waals surface area contributed by atoms with Crippen LogP contribution in [0.1, 0.15) is 36.7 Å². The van der Waals surface area contributed by atoms with Crippen molar-refractivity contribution in [3.63, 3.8) is 0 Å². The molecule has 1 aliphatic rings. The van der Waals surface area contributed by atoms with E-state index in [1.807, 2.05) is 30.5 Å². The van der Waals surface area contributed by atoms with Crippen LogP contribution >= 0.6 is 0 Å². The predicted molar refractivity (Wildman–Crippen MR) is 123 cm³/mol. The molecule has 3 aromatic rings. The van der Waals surface area contributed by atoms with Crippen molar-refractivity contribution in [1.29, 1.82) is 0 Å². The maximum atomic E-state index is 12.7. The molecule has 0 radical (unpaired) electrons. The van der Waals surface area contributed by atoms with Gasteiger partial charge in [0.05, 0.1) is 6.54 Å². The zero-order valence-corrected chi connectivity index (χ0v) is 19.0. The van der Waals surface area contributed by atoms with Gasteiger partial charge in [-0.15, -0.1) is 4.40 Å². The van der Waals surface area contributed by atoms with Crippen molar-refractivity contribution < 1.29 is 13.2 Å². The molecule has 0 unspecified atom stereocenters. The topological polar surface area (TPSA) is 96.7 Å². The average molecular weight is 452 g/mol. The van der Waals surface area contributed by atoms with Gasteiger partial charge < -0.3 is 14.8 Å². The predicted octanol–water partition coefficient (Wildman–Crippen LogP) is 3.07. The summed E-state index contributed by atoms with van der Waals surface area (Å²) in [7, 11) is -2.08. The Morgan fingerprint density at radius 3 is 2.72 bits per heavy atom. The fraction of sp³-hybridized carbons (Fsp3) is 0.261. The molecule has 1 N–H and O–H groups in total. The standard InChI is InChI=1S/C23H25N5O3S/c1-16(2)22-24-11-12-28(22)14-17-7-6-8-18(13-17)25-21(29)15-27(3)23-19-9-4-5-10-20(19)32(30,31)26-23/h4-13,16H,14-15H2,1-3H3,(H,25,29). The molecule has 2 heterocycles. The quantitative estimate of drug-likeness (QED) is 0.621. The van der Waals surface area contributed by atoms with E-state index >= 15 is 0 Å². The molecular weight excluding hydrogens is 426 g/mol. The molecule has 0 atom stereocenters. The number of amides is 1. The highest BCUT2D eigenvalue weighted by molar-refractivity contribution is 7.90. The summed E-state index contributed by atoms with van der Waals surface area (Å²) in [5.41, 5.74) is 2.22. The number of rotatable bonds is 6. The second kappa shape index (κ2) is 8.58. The Hall–Kier alpha value is -3.46. The fourth-order valence-electron chi connectivity index (χ4n) is 3.75. The van der Waals surface area contributed by atoms with Crippen LogP contribution in [0.15, 0.2) is 70.2 Å². The second-order valence-corrected chi connectivity index (χ2v) is 9.63. The minimum Gasteiger partial charge on any atom is -0.349 e. The Morgan fingerprint density at radius 2 is 1.94 bits per heavy atom. The lowest BCUT2D eigenvalue weighted by molar-refractivity contribution is -0.116. The number of aromatic nitrogens is 2. The van der Waals surface area contributed by atoms with E-state index in [0.717, 1.165) is 11.4 Å². The minimum absolute atomic E-state index is 0.0358. The highest BCUT2D eigenvalue weighted by Crippen LogP contribution is 2.27. The lowest BCUT2D eigenvalue weighted by atomic mass is 10.1. The number of benzene rings is 2. The van der Waals surface area contributed by atoms with E-state index in [1.54, 1.807) is 36.3 Å². The van der Waals surface area contributed by atoms with Crippen LogP contribution < -0.4 is 5.32 Å². The largest absolute Gasteiger partial charge is 0.349 e. The van der Waals surface area contributed by atoms with E-state index < -0.39 is 10.0 Å². The fourth-order valence-corrected chi connectivity index (χ4v) is 5.01. The van der Waals surface area contributed by atoms with E-state index in [1.165, 1.54) is 6.07 Å². The molecule has 1 amide bonds. The Balaban J connectivity index is 1.44. The third-order valence-electron chi connectivity index (χ3n) is 5.18. The van der Waals surface area contributed by atoms with Gasteiger partial charge in [-0.1, -0.05) is 38.1 Å². The van der Waals surface area contributed by atoms with Gasteiger partial charge in [-0.3, -0.25) is 4.79 Å². The van der Waals surface area contributed by atoms with Crippen LogP contribution in [0.4, 0.5) is 5.69 Å². The Bertz CT molecular complexity index is 1290. The first-order valence-electron chi connectivity index (χ1n) is 10.3. The molecular formula is C23H25N5O3S. The van der Waals surface area contributed by atoms with Gasteiger partial charge in [0.25, 0.3) is 10.0 Å². The molecule has 1 aromatic heterocycles. The number of nitrogens with one attached hydrogen (secondary N) is 1. The Kier molecular flexibility index (Phi) is 5.84. The number of carbonyl (C=O) groups excluding carboxylic acids is 1. The summed E-state index contributed by atoms with van der Waals surface area (Å²) >= 11 is 0.